The summed E-state index contributed by atoms with van der Waals surface area (Å²) in [5.41, 5.74) is -0.134. The van der Waals surface area contributed by atoms with Gasteiger partial charge >= 0.3 is 5.97 Å². The third kappa shape index (κ3) is 2.31. The van der Waals surface area contributed by atoms with Gasteiger partial charge in [-0.05, 0) is 0 Å². The van der Waals surface area contributed by atoms with Gasteiger partial charge in [0, 0.05) is 18.5 Å². The zero-order valence-corrected chi connectivity index (χ0v) is 9.56. The molecule has 0 spiro atoms. The normalized spacial score (nSPS) is 10.2. The highest BCUT2D eigenvalue weighted by atomic mass is 32.1. The standard InChI is InChI=1S/C9H8N4O3S/c1-13-6(2-3-10-13)12-7(14)8-11-5(4-17-8)9(15)16/h2-4H,1H3,(H,12,14)(H,15,16). The smallest absolute Gasteiger partial charge is 0.355 e. The highest BCUT2D eigenvalue weighted by Gasteiger charge is 2.15. The summed E-state index contributed by atoms with van der Waals surface area (Å²) in [5, 5.41) is 16.6. The molecule has 0 aliphatic carbocycles. The van der Waals surface area contributed by atoms with Gasteiger partial charge in [-0.2, -0.15) is 5.10 Å². The Morgan fingerprint density at radius 1 is 1.53 bits per heavy atom. The predicted octanol–water partition coefficient (Wildman–Crippen LogP) is 0.827. The van der Waals surface area contributed by atoms with Crippen LogP contribution in [0.25, 0.3) is 0 Å². The zero-order chi connectivity index (χ0) is 12.4. The van der Waals surface area contributed by atoms with Crippen molar-refractivity contribution in [1.29, 1.82) is 0 Å². The Balaban J connectivity index is 2.15. The average Bonchev–Trinajstić information content (AvgIpc) is 2.88. The fourth-order valence-electron chi connectivity index (χ4n) is 1.14. The molecule has 17 heavy (non-hydrogen) atoms. The number of carboxylic acids is 1. The van der Waals surface area contributed by atoms with Gasteiger partial charge in [-0.3, -0.25) is 9.48 Å². The van der Waals surface area contributed by atoms with Crippen LogP contribution in [0.5, 0.6) is 0 Å². The first-order chi connectivity index (χ1) is 8.08. The van der Waals surface area contributed by atoms with E-state index in [1.165, 1.54) is 10.1 Å². The number of aryl methyl sites for hydroxylation is 1. The second-order valence-corrected chi connectivity index (χ2v) is 4.00. The summed E-state index contributed by atoms with van der Waals surface area (Å²) >= 11 is 0.980. The number of carbonyl (C=O) groups is 2. The molecule has 2 rings (SSSR count). The number of anilines is 1. The minimum Gasteiger partial charge on any atom is -0.476 e. The number of carbonyl (C=O) groups excluding carboxylic acids is 1. The molecule has 0 unspecified atom stereocenters. The van der Waals surface area contributed by atoms with Crippen molar-refractivity contribution >= 4 is 29.0 Å². The van der Waals surface area contributed by atoms with E-state index in [9.17, 15) is 9.59 Å². The van der Waals surface area contributed by atoms with Crippen LogP contribution in [-0.2, 0) is 7.05 Å². The minimum absolute atomic E-state index is 0.101. The van der Waals surface area contributed by atoms with Crippen LogP contribution in [0, 0.1) is 0 Å². The summed E-state index contributed by atoms with van der Waals surface area (Å²) in [6.07, 6.45) is 1.54. The predicted molar refractivity (Wildman–Crippen MR) is 60.2 cm³/mol. The van der Waals surface area contributed by atoms with Crippen LogP contribution in [-0.4, -0.2) is 31.7 Å². The summed E-state index contributed by atoms with van der Waals surface area (Å²) in [5.74, 6) is -1.09. The molecule has 0 atom stereocenters. The van der Waals surface area contributed by atoms with Crippen molar-refractivity contribution in [2.24, 2.45) is 7.05 Å². The molecule has 2 heterocycles. The Bertz CT molecular complexity index is 574. The molecule has 2 N–H and O–H groups in total. The molecule has 0 bridgehead atoms. The quantitative estimate of drug-likeness (QED) is 0.843. The van der Waals surface area contributed by atoms with Gasteiger partial charge in [0.05, 0.1) is 6.20 Å². The molecule has 0 aliphatic rings. The summed E-state index contributed by atoms with van der Waals surface area (Å²) < 4.78 is 1.49. The van der Waals surface area contributed by atoms with Crippen LogP contribution in [0.3, 0.4) is 0 Å². The van der Waals surface area contributed by atoms with E-state index in [1.807, 2.05) is 0 Å². The minimum atomic E-state index is -1.15. The van der Waals surface area contributed by atoms with E-state index in [-0.39, 0.29) is 10.7 Å². The lowest BCUT2D eigenvalue weighted by atomic mass is 10.5. The number of rotatable bonds is 3. The number of carboxylic acid groups (broad SMARTS) is 1. The number of amides is 1. The third-order valence-corrected chi connectivity index (χ3v) is 2.82. The lowest BCUT2D eigenvalue weighted by molar-refractivity contribution is 0.0691. The molecule has 2 aromatic rings. The maximum absolute atomic E-state index is 11.7. The van der Waals surface area contributed by atoms with Crippen LogP contribution in [0.1, 0.15) is 20.3 Å². The van der Waals surface area contributed by atoms with E-state index in [2.05, 4.69) is 15.4 Å². The highest BCUT2D eigenvalue weighted by Crippen LogP contribution is 2.12. The summed E-state index contributed by atoms with van der Waals surface area (Å²) in [4.78, 5) is 26.0. The molecule has 0 saturated heterocycles. The Morgan fingerprint density at radius 3 is 2.82 bits per heavy atom. The number of aromatic nitrogens is 3. The SMILES string of the molecule is Cn1nccc1NC(=O)c1nc(C(=O)O)cs1. The van der Waals surface area contributed by atoms with E-state index in [4.69, 9.17) is 5.11 Å². The first-order valence-corrected chi connectivity index (χ1v) is 5.44. The fraction of sp³-hybridized carbons (Fsp3) is 0.111. The van der Waals surface area contributed by atoms with Crippen LogP contribution < -0.4 is 5.32 Å². The maximum atomic E-state index is 11.7. The molecule has 0 aromatic carbocycles. The number of nitrogens with zero attached hydrogens (tertiary/aromatic N) is 3. The first-order valence-electron chi connectivity index (χ1n) is 4.56. The van der Waals surface area contributed by atoms with Crippen LogP contribution >= 0.6 is 11.3 Å². The molecule has 2 aromatic heterocycles. The Morgan fingerprint density at radius 2 is 2.29 bits per heavy atom. The summed E-state index contributed by atoms with van der Waals surface area (Å²) in [6.45, 7) is 0. The van der Waals surface area contributed by atoms with Crippen molar-refractivity contribution < 1.29 is 14.7 Å². The fourth-order valence-corrected chi connectivity index (χ4v) is 1.83. The van der Waals surface area contributed by atoms with Gasteiger partial charge in [0.1, 0.15) is 5.82 Å². The van der Waals surface area contributed by atoms with Gasteiger partial charge in [0.15, 0.2) is 10.7 Å². The number of nitrogens with one attached hydrogen (secondary N) is 1. The molecule has 1 amide bonds. The van der Waals surface area contributed by atoms with E-state index < -0.39 is 11.9 Å². The molecule has 0 aliphatic heterocycles. The van der Waals surface area contributed by atoms with Crippen molar-refractivity contribution in [2.45, 2.75) is 0 Å². The maximum Gasteiger partial charge on any atom is 0.355 e. The monoisotopic (exact) mass is 252 g/mol. The third-order valence-electron chi connectivity index (χ3n) is 1.98. The first kappa shape index (κ1) is 11.3. The molecule has 88 valence electrons. The summed E-state index contributed by atoms with van der Waals surface area (Å²) in [6, 6.07) is 1.63. The van der Waals surface area contributed by atoms with Crippen LogP contribution in [0.15, 0.2) is 17.6 Å². The summed E-state index contributed by atoms with van der Waals surface area (Å²) in [7, 11) is 1.68. The molecule has 7 nitrogen and oxygen atoms in total. The van der Waals surface area contributed by atoms with Crippen molar-refractivity contribution in [3.05, 3.63) is 28.3 Å². The van der Waals surface area contributed by atoms with Crippen LogP contribution in [0.2, 0.25) is 0 Å². The molecule has 0 fully saturated rings. The highest BCUT2D eigenvalue weighted by molar-refractivity contribution is 7.12. The number of thiazole rings is 1. The molecular weight excluding hydrogens is 244 g/mol. The van der Waals surface area contributed by atoms with Gasteiger partial charge in [0.2, 0.25) is 0 Å². The molecule has 0 saturated carbocycles. The van der Waals surface area contributed by atoms with Crippen molar-refractivity contribution in [3.63, 3.8) is 0 Å². The largest absolute Gasteiger partial charge is 0.476 e. The second kappa shape index (κ2) is 4.34. The van der Waals surface area contributed by atoms with Gasteiger partial charge in [-0.15, -0.1) is 11.3 Å². The number of hydrogen-bond donors (Lipinski definition) is 2. The number of aromatic carboxylic acids is 1. The van der Waals surface area contributed by atoms with Crippen LogP contribution in [0.4, 0.5) is 5.82 Å². The van der Waals surface area contributed by atoms with E-state index >= 15 is 0 Å². The van der Waals surface area contributed by atoms with Crippen molar-refractivity contribution in [2.75, 3.05) is 5.32 Å². The lowest BCUT2D eigenvalue weighted by Crippen LogP contribution is -2.14. The average molecular weight is 252 g/mol. The van der Waals surface area contributed by atoms with Gasteiger partial charge in [-0.25, -0.2) is 9.78 Å². The van der Waals surface area contributed by atoms with Crippen molar-refractivity contribution in [1.82, 2.24) is 14.8 Å². The van der Waals surface area contributed by atoms with E-state index in [0.29, 0.717) is 5.82 Å². The Kier molecular flexibility index (Phi) is 2.88. The Hall–Kier alpha value is -2.22. The van der Waals surface area contributed by atoms with E-state index in [0.717, 1.165) is 11.3 Å². The van der Waals surface area contributed by atoms with Gasteiger partial charge in [-0.1, -0.05) is 0 Å². The van der Waals surface area contributed by atoms with Gasteiger partial charge in [0.25, 0.3) is 5.91 Å². The number of hydrogen-bond acceptors (Lipinski definition) is 5. The zero-order valence-electron chi connectivity index (χ0n) is 8.75. The van der Waals surface area contributed by atoms with Crippen molar-refractivity contribution in [3.8, 4) is 0 Å². The Labute approximate surface area is 99.7 Å². The second-order valence-electron chi connectivity index (χ2n) is 3.14. The molecule has 0 radical (unpaired) electrons. The van der Waals surface area contributed by atoms with E-state index in [1.54, 1.807) is 19.3 Å². The lowest BCUT2D eigenvalue weighted by Gasteiger charge is -2.01. The van der Waals surface area contributed by atoms with Gasteiger partial charge < -0.3 is 10.4 Å². The molecular formula is C9H8N4O3S. The molecule has 8 heteroatoms. The topological polar surface area (TPSA) is 97.1 Å².